The van der Waals surface area contributed by atoms with Crippen LogP contribution < -0.4 is 19.5 Å². The Hall–Kier alpha value is -3.76. The molecular formula is C29H27BrN2O6S. The molecular weight excluding hydrogens is 584 g/mol. The highest BCUT2D eigenvalue weighted by Gasteiger charge is 2.36. The number of imide groups is 1. The van der Waals surface area contributed by atoms with Gasteiger partial charge in [0.2, 0.25) is 5.91 Å². The Morgan fingerprint density at radius 2 is 1.85 bits per heavy atom. The maximum Gasteiger partial charge on any atom is 0.294 e. The molecule has 0 unspecified atom stereocenters. The Labute approximate surface area is 239 Å². The van der Waals surface area contributed by atoms with E-state index < -0.39 is 23.6 Å². The molecule has 0 atom stereocenters. The lowest BCUT2D eigenvalue weighted by Gasteiger charge is -2.14. The van der Waals surface area contributed by atoms with Crippen LogP contribution in [-0.2, 0) is 16.2 Å². The molecule has 10 heteroatoms. The van der Waals surface area contributed by atoms with E-state index in [4.69, 9.17) is 14.2 Å². The van der Waals surface area contributed by atoms with Gasteiger partial charge in [-0.2, -0.15) is 0 Å². The maximum atomic E-state index is 13.0. The maximum absolute atomic E-state index is 13.0. The van der Waals surface area contributed by atoms with Crippen molar-refractivity contribution in [3.8, 4) is 17.2 Å². The van der Waals surface area contributed by atoms with E-state index in [0.29, 0.717) is 46.2 Å². The van der Waals surface area contributed by atoms with E-state index in [9.17, 15) is 14.4 Å². The summed E-state index contributed by atoms with van der Waals surface area (Å²) >= 11 is 4.31. The van der Waals surface area contributed by atoms with Gasteiger partial charge in [0.05, 0.1) is 23.1 Å². The number of anilines is 1. The van der Waals surface area contributed by atoms with E-state index in [1.807, 2.05) is 38.1 Å². The van der Waals surface area contributed by atoms with E-state index in [2.05, 4.69) is 21.2 Å². The highest BCUT2D eigenvalue weighted by atomic mass is 79.9. The largest absolute Gasteiger partial charge is 0.494 e. The van der Waals surface area contributed by atoms with Crippen molar-refractivity contribution in [1.82, 2.24) is 4.90 Å². The van der Waals surface area contributed by atoms with Crippen LogP contribution in [0.4, 0.5) is 10.5 Å². The number of rotatable bonds is 10. The number of benzene rings is 3. The van der Waals surface area contributed by atoms with Crippen molar-refractivity contribution in [1.29, 1.82) is 0 Å². The first kappa shape index (κ1) is 28.3. The van der Waals surface area contributed by atoms with Crippen LogP contribution in [0.15, 0.2) is 70.0 Å². The van der Waals surface area contributed by atoms with Crippen LogP contribution >= 0.6 is 27.7 Å². The minimum absolute atomic E-state index is 0.205. The Morgan fingerprint density at radius 3 is 2.54 bits per heavy atom. The third-order valence-corrected chi connectivity index (χ3v) is 7.14. The molecule has 3 amide bonds. The summed E-state index contributed by atoms with van der Waals surface area (Å²) in [6.07, 6.45) is 1.59. The summed E-state index contributed by atoms with van der Waals surface area (Å²) in [7, 11) is 1.53. The van der Waals surface area contributed by atoms with Gasteiger partial charge in [-0.3, -0.25) is 19.3 Å². The Morgan fingerprint density at radius 1 is 1.08 bits per heavy atom. The van der Waals surface area contributed by atoms with E-state index in [-0.39, 0.29) is 4.91 Å². The molecule has 3 aromatic carbocycles. The second kappa shape index (κ2) is 12.9. The minimum atomic E-state index is -0.540. The molecule has 1 saturated heterocycles. The molecule has 1 aliphatic heterocycles. The molecule has 4 rings (SSSR count). The second-order valence-corrected chi connectivity index (χ2v) is 10.4. The predicted octanol–water partition coefficient (Wildman–Crippen LogP) is 6.42. The lowest BCUT2D eigenvalue weighted by atomic mass is 10.1. The fraction of sp³-hybridized carbons (Fsp3) is 0.207. The second-order valence-electron chi connectivity index (χ2n) is 8.59. The van der Waals surface area contributed by atoms with Crippen LogP contribution in [0.1, 0.15) is 23.6 Å². The quantitative estimate of drug-likeness (QED) is 0.265. The fourth-order valence-corrected chi connectivity index (χ4v) is 5.27. The van der Waals surface area contributed by atoms with Crippen molar-refractivity contribution in [2.24, 2.45) is 0 Å². The minimum Gasteiger partial charge on any atom is -0.494 e. The van der Waals surface area contributed by atoms with E-state index >= 15 is 0 Å². The molecule has 3 aromatic rings. The lowest BCUT2D eigenvalue weighted by molar-refractivity contribution is -0.127. The number of hydrogen-bond acceptors (Lipinski definition) is 7. The summed E-state index contributed by atoms with van der Waals surface area (Å²) in [6, 6.07) is 18.4. The number of hydrogen-bond donors (Lipinski definition) is 1. The molecule has 1 heterocycles. The van der Waals surface area contributed by atoms with Crippen molar-refractivity contribution in [3.63, 3.8) is 0 Å². The average Bonchev–Trinajstić information content (AvgIpc) is 3.16. The number of methoxy groups -OCH3 is 1. The van der Waals surface area contributed by atoms with Gasteiger partial charge in [0, 0.05) is 5.69 Å². The summed E-state index contributed by atoms with van der Waals surface area (Å²) in [5.74, 6) is 0.650. The number of carbonyl (C=O) groups excluding carboxylic acids is 3. The zero-order valence-corrected chi connectivity index (χ0v) is 24.1. The number of ether oxygens (including phenoxy) is 3. The van der Waals surface area contributed by atoms with Gasteiger partial charge < -0.3 is 19.5 Å². The van der Waals surface area contributed by atoms with E-state index in [0.717, 1.165) is 27.8 Å². The van der Waals surface area contributed by atoms with Crippen molar-refractivity contribution < 1.29 is 28.6 Å². The highest BCUT2D eigenvalue weighted by Crippen LogP contribution is 2.39. The van der Waals surface area contributed by atoms with Gasteiger partial charge in [-0.1, -0.05) is 29.8 Å². The standard InChI is InChI=1S/C29H27BrN2O6S/c1-4-37-22-10-8-21(9-11-22)31-26(33)16-32-28(34)25(39-29(32)35)15-20-13-23(30)27(24(14-20)36-3)38-17-19-7-5-6-18(2)12-19/h5-15H,4,16-17H2,1-3H3,(H,31,33)/b25-15+. The zero-order valence-electron chi connectivity index (χ0n) is 21.7. The van der Waals surface area contributed by atoms with Gasteiger partial charge >= 0.3 is 0 Å². The first-order valence-electron chi connectivity index (χ1n) is 12.1. The Bertz CT molecular complexity index is 1420. The van der Waals surface area contributed by atoms with Gasteiger partial charge in [0.15, 0.2) is 11.5 Å². The molecule has 0 bridgehead atoms. The lowest BCUT2D eigenvalue weighted by Crippen LogP contribution is -2.36. The number of amides is 3. The number of nitrogens with one attached hydrogen (secondary N) is 1. The van der Waals surface area contributed by atoms with Gasteiger partial charge in [-0.15, -0.1) is 0 Å². The van der Waals surface area contributed by atoms with Crippen LogP contribution in [-0.4, -0.2) is 42.2 Å². The molecule has 0 spiro atoms. The van der Waals surface area contributed by atoms with Crippen LogP contribution in [0.2, 0.25) is 0 Å². The molecule has 0 saturated carbocycles. The zero-order chi connectivity index (χ0) is 27.9. The molecule has 8 nitrogen and oxygen atoms in total. The first-order chi connectivity index (χ1) is 18.8. The van der Waals surface area contributed by atoms with Gasteiger partial charge in [0.1, 0.15) is 18.9 Å². The van der Waals surface area contributed by atoms with Crippen molar-refractivity contribution >= 4 is 56.5 Å². The molecule has 0 aromatic heterocycles. The summed E-state index contributed by atoms with van der Waals surface area (Å²) in [6.45, 7) is 4.40. The highest BCUT2D eigenvalue weighted by molar-refractivity contribution is 9.10. The third-order valence-electron chi connectivity index (χ3n) is 5.64. The molecule has 39 heavy (non-hydrogen) atoms. The van der Waals surface area contributed by atoms with Crippen molar-refractivity contribution in [2.45, 2.75) is 20.5 Å². The molecule has 0 radical (unpaired) electrons. The van der Waals surface area contributed by atoms with E-state index in [1.54, 1.807) is 42.5 Å². The summed E-state index contributed by atoms with van der Waals surface area (Å²) < 4.78 is 17.6. The fourth-order valence-electron chi connectivity index (χ4n) is 3.85. The number of nitrogens with zero attached hydrogens (tertiary/aromatic N) is 1. The van der Waals surface area contributed by atoms with Crippen molar-refractivity contribution in [2.75, 3.05) is 25.6 Å². The van der Waals surface area contributed by atoms with Crippen LogP contribution in [0.5, 0.6) is 17.2 Å². The van der Waals surface area contributed by atoms with Crippen molar-refractivity contribution in [3.05, 3.63) is 86.7 Å². The average molecular weight is 612 g/mol. The molecule has 1 aliphatic rings. The van der Waals surface area contributed by atoms with Crippen LogP contribution in [0, 0.1) is 6.92 Å². The summed E-state index contributed by atoms with van der Waals surface area (Å²) in [5.41, 5.74) is 3.33. The van der Waals surface area contributed by atoms with Gasteiger partial charge in [-0.25, -0.2) is 0 Å². The van der Waals surface area contributed by atoms with Gasteiger partial charge in [0.25, 0.3) is 11.1 Å². The van der Waals surface area contributed by atoms with Gasteiger partial charge in [-0.05, 0) is 95.1 Å². The first-order valence-corrected chi connectivity index (χ1v) is 13.7. The Balaban J connectivity index is 1.43. The normalized spacial score (nSPS) is 14.1. The summed E-state index contributed by atoms with van der Waals surface area (Å²) in [5, 5.41) is 2.18. The number of halogens is 1. The monoisotopic (exact) mass is 610 g/mol. The molecule has 1 N–H and O–H groups in total. The van der Waals surface area contributed by atoms with Crippen LogP contribution in [0.25, 0.3) is 6.08 Å². The molecule has 1 fully saturated rings. The number of thioether (sulfide) groups is 1. The SMILES string of the molecule is CCOc1ccc(NC(=O)CN2C(=O)S/C(=C/c3cc(Br)c(OCc4cccc(C)c4)c(OC)c3)C2=O)cc1. The smallest absolute Gasteiger partial charge is 0.294 e. The third kappa shape index (κ3) is 7.21. The predicted molar refractivity (Wildman–Crippen MR) is 155 cm³/mol. The number of aryl methyl sites for hydroxylation is 1. The Kier molecular flexibility index (Phi) is 9.32. The topological polar surface area (TPSA) is 94.2 Å². The van der Waals surface area contributed by atoms with Crippen LogP contribution in [0.3, 0.4) is 0 Å². The summed E-state index contributed by atoms with van der Waals surface area (Å²) in [4.78, 5) is 39.2. The number of carbonyl (C=O) groups is 3. The van der Waals surface area contributed by atoms with E-state index in [1.165, 1.54) is 7.11 Å². The molecule has 0 aliphatic carbocycles. The molecule has 202 valence electrons.